The van der Waals surface area contributed by atoms with Crippen LogP contribution in [0.1, 0.15) is 37.3 Å². The van der Waals surface area contributed by atoms with E-state index >= 15 is 0 Å². The average Bonchev–Trinajstić information content (AvgIpc) is 3.37. The molecule has 2 fully saturated rings. The van der Waals surface area contributed by atoms with Gasteiger partial charge in [0, 0.05) is 17.4 Å². The van der Waals surface area contributed by atoms with E-state index in [0.29, 0.717) is 0 Å². The molecule has 1 aromatic carbocycles. The number of Topliss-reactive ketones (excluding diaryl/α,β-unsaturated/α-hetero) is 2. The van der Waals surface area contributed by atoms with Crippen LogP contribution in [0, 0.1) is 11.8 Å². The van der Waals surface area contributed by atoms with Crippen molar-refractivity contribution in [2.75, 3.05) is 33.9 Å². The molecule has 0 bridgehead atoms. The van der Waals surface area contributed by atoms with Gasteiger partial charge in [-0.2, -0.15) is 0 Å². The lowest BCUT2D eigenvalue weighted by Crippen LogP contribution is -2.67. The van der Waals surface area contributed by atoms with Crippen molar-refractivity contribution in [3.05, 3.63) is 46.2 Å². The summed E-state index contributed by atoms with van der Waals surface area (Å²) >= 11 is 0. The first-order valence-corrected chi connectivity index (χ1v) is 12.7. The van der Waals surface area contributed by atoms with Crippen molar-refractivity contribution in [2.24, 2.45) is 11.8 Å². The molecule has 4 aliphatic rings. The van der Waals surface area contributed by atoms with Crippen molar-refractivity contribution in [2.45, 2.75) is 43.4 Å². The molecule has 0 aromatic heterocycles. The predicted octanol–water partition coefficient (Wildman–Crippen LogP) is 0.313. The molecule has 3 aliphatic carbocycles. The van der Waals surface area contributed by atoms with Gasteiger partial charge < -0.3 is 30.8 Å². The Morgan fingerprint density at radius 3 is 2.42 bits per heavy atom. The van der Waals surface area contributed by atoms with Gasteiger partial charge in [0.25, 0.3) is 5.91 Å². The normalized spacial score (nSPS) is 33.4. The number of aromatic hydroxyl groups is 1. The summed E-state index contributed by atoms with van der Waals surface area (Å²) in [5.74, 6) is -7.17. The van der Waals surface area contributed by atoms with E-state index in [4.69, 9.17) is 0 Å². The highest BCUT2D eigenvalue weighted by Crippen LogP contribution is 2.57. The number of ketones is 2. The maximum absolute atomic E-state index is 14.0. The molecule has 1 amide bonds. The summed E-state index contributed by atoms with van der Waals surface area (Å²) in [6.45, 7) is 3.11. The van der Waals surface area contributed by atoms with E-state index in [9.17, 15) is 39.9 Å². The zero-order valence-corrected chi connectivity index (χ0v) is 21.6. The first kappa shape index (κ1) is 26.4. The second-order valence-corrected chi connectivity index (χ2v) is 11.1. The molecule has 0 spiro atoms. The maximum Gasteiger partial charge on any atom is 0.259 e. The second-order valence-electron chi connectivity index (χ2n) is 11.1. The number of likely N-dealkylation sites (N-methyl/N-ethyl adjacent to an activating group) is 1. The smallest absolute Gasteiger partial charge is 0.259 e. The summed E-state index contributed by atoms with van der Waals surface area (Å²) in [5, 5.41) is 59.0. The quantitative estimate of drug-likeness (QED) is 0.300. The standard InChI is InChI=1S/C27H33N3O8/c1-26(37)13-7-6-8-16(31)17(13)21(32)18-14(26)11-15-20(29(2)3)22(33)19(24(35)27(15,38)23(18)34)25(36)28-12-30-9-4-5-10-30/h6-8,14-15,20,31-32,35,37-38H,4-5,9-12H2,1-3H3,(H,28,36)/t14-,15-,20-,26-,27-/m1/s1. The molecule has 5 rings (SSSR count). The second kappa shape index (κ2) is 8.91. The molecule has 1 heterocycles. The Labute approximate surface area is 219 Å². The summed E-state index contributed by atoms with van der Waals surface area (Å²) in [6.07, 6.45) is 1.78. The van der Waals surface area contributed by atoms with Crippen LogP contribution in [0.15, 0.2) is 35.1 Å². The minimum absolute atomic E-state index is 0.137. The molecule has 6 N–H and O–H groups in total. The number of nitrogens with zero attached hydrogens (tertiary/aromatic N) is 2. The first-order chi connectivity index (χ1) is 17.8. The molecule has 1 saturated carbocycles. The zero-order chi connectivity index (χ0) is 27.7. The Kier molecular flexibility index (Phi) is 6.18. The number of hydrogen-bond donors (Lipinski definition) is 6. The average molecular weight is 528 g/mol. The summed E-state index contributed by atoms with van der Waals surface area (Å²) in [5.41, 5.74) is -5.54. The Morgan fingerprint density at radius 2 is 1.79 bits per heavy atom. The van der Waals surface area contributed by atoms with Crippen LogP contribution in [0.2, 0.25) is 0 Å². The minimum Gasteiger partial charge on any atom is -0.508 e. The van der Waals surface area contributed by atoms with E-state index in [-0.39, 0.29) is 35.5 Å². The van der Waals surface area contributed by atoms with Crippen molar-refractivity contribution in [1.29, 1.82) is 0 Å². The van der Waals surface area contributed by atoms with Crippen LogP contribution < -0.4 is 5.32 Å². The van der Waals surface area contributed by atoms with E-state index < -0.39 is 63.6 Å². The van der Waals surface area contributed by atoms with Crippen LogP contribution in [-0.4, -0.2) is 98.3 Å². The van der Waals surface area contributed by atoms with Gasteiger partial charge in [0.05, 0.1) is 23.9 Å². The lowest BCUT2D eigenvalue weighted by Gasteiger charge is -2.53. The molecule has 11 nitrogen and oxygen atoms in total. The third kappa shape index (κ3) is 3.53. The number of phenols is 1. The van der Waals surface area contributed by atoms with E-state index in [1.807, 2.05) is 4.90 Å². The zero-order valence-electron chi connectivity index (χ0n) is 21.6. The minimum atomic E-state index is -2.72. The fraction of sp³-hybridized carbons (Fsp3) is 0.519. The number of nitrogens with one attached hydrogen (secondary N) is 1. The van der Waals surface area contributed by atoms with Gasteiger partial charge in [-0.1, -0.05) is 12.1 Å². The van der Waals surface area contributed by atoms with Crippen LogP contribution >= 0.6 is 0 Å². The van der Waals surface area contributed by atoms with Crippen LogP contribution in [0.5, 0.6) is 5.75 Å². The highest BCUT2D eigenvalue weighted by atomic mass is 16.3. The maximum atomic E-state index is 14.0. The molecule has 5 atom stereocenters. The Morgan fingerprint density at radius 1 is 1.13 bits per heavy atom. The molecule has 1 aromatic rings. The van der Waals surface area contributed by atoms with Crippen molar-refractivity contribution in [3.63, 3.8) is 0 Å². The number of phenolic OH excluding ortho intramolecular Hbond substituents is 1. The van der Waals surface area contributed by atoms with Gasteiger partial charge >= 0.3 is 0 Å². The lowest BCUT2D eigenvalue weighted by atomic mass is 9.54. The lowest BCUT2D eigenvalue weighted by molar-refractivity contribution is -0.159. The number of rotatable bonds is 4. The topological polar surface area (TPSA) is 171 Å². The summed E-state index contributed by atoms with van der Waals surface area (Å²) in [4.78, 5) is 44.3. The van der Waals surface area contributed by atoms with Gasteiger partial charge in [-0.05, 0) is 65.0 Å². The highest BCUT2D eigenvalue weighted by Gasteiger charge is 2.66. The van der Waals surface area contributed by atoms with E-state index in [1.54, 1.807) is 14.1 Å². The van der Waals surface area contributed by atoms with Crippen molar-refractivity contribution in [3.8, 4) is 5.75 Å². The number of carbonyl (C=O) groups is 3. The molecule has 0 unspecified atom stereocenters. The predicted molar refractivity (Wildman–Crippen MR) is 135 cm³/mol. The van der Waals surface area contributed by atoms with E-state index in [1.165, 1.54) is 30.0 Å². The number of benzene rings is 1. The molecular weight excluding hydrogens is 494 g/mol. The van der Waals surface area contributed by atoms with Gasteiger partial charge in [0.2, 0.25) is 5.78 Å². The number of aliphatic hydroxyl groups excluding tert-OH is 2. The third-order valence-corrected chi connectivity index (χ3v) is 8.66. The van der Waals surface area contributed by atoms with Crippen LogP contribution in [-0.2, 0) is 20.0 Å². The summed E-state index contributed by atoms with van der Waals surface area (Å²) < 4.78 is 0. The van der Waals surface area contributed by atoms with Gasteiger partial charge in [-0.3, -0.25) is 24.2 Å². The first-order valence-electron chi connectivity index (χ1n) is 12.7. The molecule has 204 valence electrons. The Hall–Kier alpha value is -3.25. The SMILES string of the molecule is CN(C)[C@H]1C(=O)C(C(=O)NCN2CCCC2)=C(O)[C@]2(O)C(=O)C3=C(O)c4c(O)cccc4[C@@](C)(O)[C@@H]3C[C@H]12. The van der Waals surface area contributed by atoms with Crippen LogP contribution in [0.25, 0.3) is 5.76 Å². The number of hydrogen-bond acceptors (Lipinski definition) is 10. The Bertz CT molecular complexity index is 1290. The molecular formula is C27H33N3O8. The van der Waals surface area contributed by atoms with Crippen molar-refractivity contribution in [1.82, 2.24) is 15.1 Å². The van der Waals surface area contributed by atoms with Gasteiger partial charge in [-0.25, -0.2) is 0 Å². The number of likely N-dealkylation sites (tertiary alicyclic amines) is 1. The van der Waals surface area contributed by atoms with Crippen LogP contribution in [0.3, 0.4) is 0 Å². The fourth-order valence-electron chi connectivity index (χ4n) is 6.70. The third-order valence-electron chi connectivity index (χ3n) is 8.66. The Balaban J connectivity index is 1.65. The highest BCUT2D eigenvalue weighted by molar-refractivity contribution is 6.25. The monoisotopic (exact) mass is 527 g/mol. The van der Waals surface area contributed by atoms with Crippen molar-refractivity contribution >= 4 is 23.2 Å². The van der Waals surface area contributed by atoms with Crippen LogP contribution in [0.4, 0.5) is 0 Å². The fourth-order valence-corrected chi connectivity index (χ4v) is 6.70. The van der Waals surface area contributed by atoms with Gasteiger partial charge in [0.1, 0.15) is 22.8 Å². The van der Waals surface area contributed by atoms with E-state index in [2.05, 4.69) is 5.32 Å². The summed E-state index contributed by atoms with van der Waals surface area (Å²) in [7, 11) is 3.12. The largest absolute Gasteiger partial charge is 0.508 e. The van der Waals surface area contributed by atoms with Gasteiger partial charge in [0.15, 0.2) is 11.4 Å². The molecule has 11 heteroatoms. The number of fused-ring (bicyclic) bond motifs is 3. The molecule has 1 aliphatic heterocycles. The number of amides is 1. The summed E-state index contributed by atoms with van der Waals surface area (Å²) in [6, 6.07) is 3.12. The number of carbonyl (C=O) groups excluding carboxylic acids is 3. The molecule has 1 saturated heterocycles. The number of aliphatic hydroxyl groups is 4. The van der Waals surface area contributed by atoms with Crippen molar-refractivity contribution < 1.29 is 39.9 Å². The molecule has 0 radical (unpaired) electrons. The van der Waals surface area contributed by atoms with E-state index in [0.717, 1.165) is 25.9 Å². The molecule has 38 heavy (non-hydrogen) atoms. The van der Waals surface area contributed by atoms with Gasteiger partial charge in [-0.15, -0.1) is 0 Å².